The highest BCUT2D eigenvalue weighted by molar-refractivity contribution is 5.78. The second kappa shape index (κ2) is 6.54. The van der Waals surface area contributed by atoms with Gasteiger partial charge in [-0.25, -0.2) is 8.78 Å². The number of hydrogen-bond donors (Lipinski definition) is 2. The molecule has 2 saturated heterocycles. The highest BCUT2D eigenvalue weighted by Crippen LogP contribution is 2.30. The number of hydrogen-bond acceptors (Lipinski definition) is 4. The van der Waals surface area contributed by atoms with Crippen molar-refractivity contribution in [2.24, 2.45) is 5.73 Å². The van der Waals surface area contributed by atoms with E-state index in [1.807, 2.05) is 4.90 Å². The van der Waals surface area contributed by atoms with Gasteiger partial charge in [0.1, 0.15) is 0 Å². The van der Waals surface area contributed by atoms with E-state index in [0.717, 1.165) is 0 Å². The number of nitrogens with zero attached hydrogens (tertiary/aromatic N) is 2. The SMILES string of the molecule is NCC(=O)N1CCC[C@@](O)(CN2CCC(F)(F)CC2)CC1. The number of rotatable bonds is 3. The molecule has 21 heavy (non-hydrogen) atoms. The Morgan fingerprint density at radius 3 is 2.38 bits per heavy atom. The lowest BCUT2D eigenvalue weighted by Gasteiger charge is -2.37. The second-order valence-corrected chi connectivity index (χ2v) is 6.29. The molecule has 0 saturated carbocycles. The number of piperidine rings is 1. The number of likely N-dealkylation sites (tertiary alicyclic amines) is 2. The van der Waals surface area contributed by atoms with Gasteiger partial charge >= 0.3 is 0 Å². The van der Waals surface area contributed by atoms with Gasteiger partial charge in [-0.15, -0.1) is 0 Å². The van der Waals surface area contributed by atoms with E-state index in [-0.39, 0.29) is 25.3 Å². The summed E-state index contributed by atoms with van der Waals surface area (Å²) in [5, 5.41) is 10.7. The summed E-state index contributed by atoms with van der Waals surface area (Å²) in [7, 11) is 0. The first-order valence-corrected chi connectivity index (χ1v) is 7.64. The molecule has 5 nitrogen and oxygen atoms in total. The summed E-state index contributed by atoms with van der Waals surface area (Å²) in [5.74, 6) is -2.66. The molecule has 2 rings (SSSR count). The molecule has 0 aromatic heterocycles. The van der Waals surface area contributed by atoms with Gasteiger partial charge in [0.25, 0.3) is 5.92 Å². The lowest BCUT2D eigenvalue weighted by molar-refractivity contribution is -0.129. The van der Waals surface area contributed by atoms with Gasteiger partial charge in [0.2, 0.25) is 5.91 Å². The van der Waals surface area contributed by atoms with E-state index in [2.05, 4.69) is 0 Å². The maximum Gasteiger partial charge on any atom is 0.250 e. The summed E-state index contributed by atoms with van der Waals surface area (Å²) in [6, 6.07) is 0. The largest absolute Gasteiger partial charge is 0.388 e. The summed E-state index contributed by atoms with van der Waals surface area (Å²) in [4.78, 5) is 15.2. The topological polar surface area (TPSA) is 69.8 Å². The smallest absolute Gasteiger partial charge is 0.250 e. The van der Waals surface area contributed by atoms with Crippen molar-refractivity contribution in [3.05, 3.63) is 0 Å². The fourth-order valence-corrected chi connectivity index (χ4v) is 3.17. The van der Waals surface area contributed by atoms with E-state index in [1.165, 1.54) is 0 Å². The number of alkyl halides is 2. The maximum absolute atomic E-state index is 13.2. The number of β-amino-alcohol motifs (C(OH)–C–C–N with tert-alkyl or cyclic N) is 1. The van der Waals surface area contributed by atoms with E-state index in [4.69, 9.17) is 5.73 Å². The summed E-state index contributed by atoms with van der Waals surface area (Å²) in [6.45, 7) is 2.13. The van der Waals surface area contributed by atoms with Crippen LogP contribution in [0, 0.1) is 0 Å². The first kappa shape index (κ1) is 16.6. The molecule has 2 aliphatic heterocycles. The van der Waals surface area contributed by atoms with Crippen LogP contribution >= 0.6 is 0 Å². The molecule has 3 N–H and O–H groups in total. The number of aliphatic hydroxyl groups is 1. The van der Waals surface area contributed by atoms with Crippen LogP contribution in [0.2, 0.25) is 0 Å². The zero-order chi connectivity index (χ0) is 15.5. The molecular weight excluding hydrogens is 280 g/mol. The van der Waals surface area contributed by atoms with Gasteiger partial charge in [0.15, 0.2) is 0 Å². The minimum atomic E-state index is -2.56. The summed E-state index contributed by atoms with van der Waals surface area (Å²) in [6.07, 6.45) is 1.51. The van der Waals surface area contributed by atoms with Crippen LogP contribution in [0.15, 0.2) is 0 Å². The van der Waals surface area contributed by atoms with E-state index >= 15 is 0 Å². The van der Waals surface area contributed by atoms with Crippen LogP contribution in [0.25, 0.3) is 0 Å². The predicted molar refractivity (Wildman–Crippen MR) is 75.1 cm³/mol. The summed E-state index contributed by atoms with van der Waals surface area (Å²) >= 11 is 0. The Hall–Kier alpha value is -0.790. The van der Waals surface area contributed by atoms with Crippen molar-refractivity contribution >= 4 is 5.91 Å². The Kier molecular flexibility index (Phi) is 5.16. The van der Waals surface area contributed by atoms with Gasteiger partial charge in [0.05, 0.1) is 12.1 Å². The standard InChI is InChI=1S/C14H25F2N3O2/c15-14(16)4-7-18(8-5-14)11-13(21)2-1-6-19(9-3-13)12(20)10-17/h21H,1-11,17H2/t13-/m0/s1. The van der Waals surface area contributed by atoms with Crippen LogP contribution in [0.1, 0.15) is 32.1 Å². The number of nitrogens with two attached hydrogens (primary N) is 1. The van der Waals surface area contributed by atoms with Crippen molar-refractivity contribution < 1.29 is 18.7 Å². The fourth-order valence-electron chi connectivity index (χ4n) is 3.17. The molecule has 0 aromatic rings. The van der Waals surface area contributed by atoms with Gasteiger partial charge in [0, 0.05) is 45.6 Å². The van der Waals surface area contributed by atoms with Gasteiger partial charge in [-0.2, -0.15) is 0 Å². The van der Waals surface area contributed by atoms with Gasteiger partial charge < -0.3 is 20.6 Å². The van der Waals surface area contributed by atoms with E-state index < -0.39 is 11.5 Å². The van der Waals surface area contributed by atoms with Crippen molar-refractivity contribution in [1.82, 2.24) is 9.80 Å². The molecular formula is C14H25F2N3O2. The molecule has 2 heterocycles. The molecule has 0 unspecified atom stereocenters. The van der Waals surface area contributed by atoms with E-state index in [1.54, 1.807) is 4.90 Å². The van der Waals surface area contributed by atoms with Crippen molar-refractivity contribution in [1.29, 1.82) is 0 Å². The Labute approximate surface area is 124 Å². The average Bonchev–Trinajstić information content (AvgIpc) is 2.63. The molecule has 2 aliphatic rings. The highest BCUT2D eigenvalue weighted by Gasteiger charge is 2.38. The van der Waals surface area contributed by atoms with Gasteiger partial charge in [-0.1, -0.05) is 0 Å². The monoisotopic (exact) mass is 305 g/mol. The number of carbonyl (C=O) groups excluding carboxylic acids is 1. The number of amides is 1. The minimum Gasteiger partial charge on any atom is -0.388 e. The van der Waals surface area contributed by atoms with Crippen LogP contribution < -0.4 is 5.73 Å². The zero-order valence-corrected chi connectivity index (χ0v) is 12.4. The molecule has 2 fully saturated rings. The molecule has 1 amide bonds. The Morgan fingerprint density at radius 1 is 1.10 bits per heavy atom. The first-order chi connectivity index (χ1) is 9.84. The van der Waals surface area contributed by atoms with E-state index in [0.29, 0.717) is 52.0 Å². The Bertz CT molecular complexity index is 371. The number of carbonyl (C=O) groups is 1. The van der Waals surface area contributed by atoms with Gasteiger partial charge in [-0.05, 0) is 19.3 Å². The molecule has 0 aromatic carbocycles. The van der Waals surface area contributed by atoms with Crippen LogP contribution in [-0.2, 0) is 4.79 Å². The maximum atomic E-state index is 13.2. The Balaban J connectivity index is 1.86. The predicted octanol–water partition coefficient (Wildman–Crippen LogP) is 0.420. The molecule has 0 bridgehead atoms. The third-order valence-corrected chi connectivity index (χ3v) is 4.55. The first-order valence-electron chi connectivity index (χ1n) is 7.64. The van der Waals surface area contributed by atoms with Gasteiger partial charge in [-0.3, -0.25) is 4.79 Å². The Morgan fingerprint density at radius 2 is 1.76 bits per heavy atom. The minimum absolute atomic E-state index is 0.0142. The van der Waals surface area contributed by atoms with Crippen LogP contribution in [0.3, 0.4) is 0 Å². The van der Waals surface area contributed by atoms with E-state index in [9.17, 15) is 18.7 Å². The second-order valence-electron chi connectivity index (χ2n) is 6.29. The van der Waals surface area contributed by atoms with Crippen molar-refractivity contribution in [3.8, 4) is 0 Å². The molecule has 7 heteroatoms. The molecule has 0 aliphatic carbocycles. The molecule has 0 radical (unpaired) electrons. The lowest BCUT2D eigenvalue weighted by Crippen LogP contribution is -2.48. The highest BCUT2D eigenvalue weighted by atomic mass is 19.3. The number of halogens is 2. The molecule has 122 valence electrons. The lowest BCUT2D eigenvalue weighted by atomic mass is 9.93. The van der Waals surface area contributed by atoms with Crippen molar-refractivity contribution in [2.45, 2.75) is 43.6 Å². The summed E-state index contributed by atoms with van der Waals surface area (Å²) in [5.41, 5.74) is 4.47. The quantitative estimate of drug-likeness (QED) is 0.793. The average molecular weight is 305 g/mol. The third-order valence-electron chi connectivity index (χ3n) is 4.55. The zero-order valence-electron chi connectivity index (χ0n) is 12.4. The molecule has 0 spiro atoms. The van der Waals surface area contributed by atoms with Crippen molar-refractivity contribution in [2.75, 3.05) is 39.3 Å². The van der Waals surface area contributed by atoms with Crippen molar-refractivity contribution in [3.63, 3.8) is 0 Å². The summed E-state index contributed by atoms with van der Waals surface area (Å²) < 4.78 is 26.3. The normalized spacial score (nSPS) is 31.0. The third kappa shape index (κ3) is 4.59. The van der Waals surface area contributed by atoms with Crippen LogP contribution in [0.4, 0.5) is 8.78 Å². The van der Waals surface area contributed by atoms with Crippen LogP contribution in [0.5, 0.6) is 0 Å². The van der Waals surface area contributed by atoms with Crippen LogP contribution in [-0.4, -0.2) is 71.6 Å². The molecule has 1 atom stereocenters. The fraction of sp³-hybridized carbons (Fsp3) is 0.929.